The Morgan fingerprint density at radius 3 is 1.21 bits per heavy atom. The first-order valence-corrected chi connectivity index (χ1v) is 7.39. The second-order valence-electron chi connectivity index (χ2n) is 5.65. The molecule has 0 spiro atoms. The van der Waals surface area contributed by atoms with Gasteiger partial charge in [0.25, 0.3) is 0 Å². The molecule has 2 heterocycles. The average molecular weight is 452 g/mol. The van der Waals surface area contributed by atoms with E-state index in [0.717, 1.165) is 21.8 Å². The second-order valence-corrected chi connectivity index (χ2v) is 5.65. The molecule has 2 aromatic heterocycles. The molecule has 0 N–H and O–H groups in total. The van der Waals surface area contributed by atoms with E-state index in [2.05, 4.69) is 20.6 Å². The minimum atomic E-state index is -5.20. The normalized spacial score (nSPS) is 11.6. The summed E-state index contributed by atoms with van der Waals surface area (Å²) in [5, 5.41) is 13.0. The molecule has 3 rings (SSSR count). The van der Waals surface area contributed by atoms with E-state index in [1.54, 1.807) is 24.3 Å². The van der Waals surface area contributed by atoms with Crippen LogP contribution < -0.4 is 114 Å². The molecule has 28 heavy (non-hydrogen) atoms. The number of rotatable bonds is 6. The number of nitrogens with zero attached hydrogens (tertiary/aromatic N) is 6. The molecule has 0 atom stereocenters. The van der Waals surface area contributed by atoms with Gasteiger partial charge < -0.3 is 25.9 Å². The van der Waals surface area contributed by atoms with Crippen molar-refractivity contribution in [2.75, 3.05) is 0 Å². The van der Waals surface area contributed by atoms with Crippen molar-refractivity contribution in [1.29, 1.82) is 0 Å². The van der Waals surface area contributed by atoms with Crippen molar-refractivity contribution in [2.24, 2.45) is 0 Å². The Hall–Kier alpha value is 0.483. The summed E-state index contributed by atoms with van der Waals surface area (Å²) < 4.78 is 77.4. The van der Waals surface area contributed by atoms with Gasteiger partial charge in [-0.1, -0.05) is 34.7 Å². The van der Waals surface area contributed by atoms with Crippen molar-refractivity contribution in [3.05, 3.63) is 47.8 Å². The van der Waals surface area contributed by atoms with Crippen LogP contribution in [0.15, 0.2) is 36.7 Å². The van der Waals surface area contributed by atoms with Crippen LogP contribution in [-0.4, -0.2) is 43.9 Å². The van der Waals surface area contributed by atoms with Crippen LogP contribution in [0.2, 0.25) is 0 Å². The van der Waals surface area contributed by atoms with Crippen LogP contribution >= 0.6 is 0 Å². The summed E-state index contributed by atoms with van der Waals surface area (Å²) >= 11 is 0. The van der Waals surface area contributed by atoms with E-state index in [4.69, 9.17) is 0 Å². The predicted octanol–water partition coefficient (Wildman–Crippen LogP) is -4.92. The molecule has 0 radical (unpaired) electrons. The van der Waals surface area contributed by atoms with Crippen molar-refractivity contribution in [2.45, 2.75) is 13.1 Å². The fourth-order valence-corrected chi connectivity index (χ4v) is 2.21. The molecule has 0 saturated heterocycles. The Labute approximate surface area is 240 Å². The standard InChI is InChI=1S/C12H10B2F6N6.2K/c15-13(16,17)11-7-25(23-21-11)5-9-1-2-10(4-3-9)6-26-8-12(22-24-26)14(18,19)20;;/h1-4,7-8H,5-6H2;;/q-2;2*+1. The number of halogens is 6. The second kappa shape index (κ2) is 10.7. The zero-order valence-electron chi connectivity index (χ0n) is 15.0. The van der Waals surface area contributed by atoms with E-state index >= 15 is 0 Å². The summed E-state index contributed by atoms with van der Waals surface area (Å²) in [4.78, 5) is 0. The summed E-state index contributed by atoms with van der Waals surface area (Å²) in [7, 11) is 0. The molecule has 0 bridgehead atoms. The van der Waals surface area contributed by atoms with E-state index in [1.807, 2.05) is 0 Å². The van der Waals surface area contributed by atoms with Crippen molar-refractivity contribution < 1.29 is 129 Å². The van der Waals surface area contributed by atoms with Crippen LogP contribution in [0.4, 0.5) is 25.9 Å². The van der Waals surface area contributed by atoms with Crippen molar-refractivity contribution in [1.82, 2.24) is 30.0 Å². The van der Waals surface area contributed by atoms with Gasteiger partial charge in [0.05, 0.1) is 13.1 Å². The van der Waals surface area contributed by atoms with Crippen molar-refractivity contribution >= 4 is 25.1 Å². The minimum absolute atomic E-state index is 0. The van der Waals surface area contributed by atoms with Gasteiger partial charge >= 0.3 is 117 Å². The maximum absolute atomic E-state index is 12.5. The molecule has 138 valence electrons. The van der Waals surface area contributed by atoms with Crippen LogP contribution in [0.25, 0.3) is 0 Å². The molecule has 0 amide bonds. The topological polar surface area (TPSA) is 61.4 Å². The van der Waals surface area contributed by atoms with Crippen LogP contribution in [0.1, 0.15) is 11.1 Å². The maximum atomic E-state index is 12.5. The summed E-state index contributed by atoms with van der Waals surface area (Å²) in [5.41, 5.74) is -0.708. The third kappa shape index (κ3) is 7.32. The first-order valence-electron chi connectivity index (χ1n) is 7.39. The molecular formula is C12H10B2F6K2N6. The van der Waals surface area contributed by atoms with Crippen molar-refractivity contribution in [3.63, 3.8) is 0 Å². The fraction of sp³-hybridized carbons (Fsp3) is 0.167. The van der Waals surface area contributed by atoms with E-state index in [-0.39, 0.29) is 116 Å². The molecule has 0 fully saturated rings. The molecule has 0 aliphatic heterocycles. The van der Waals surface area contributed by atoms with Gasteiger partial charge in [-0.25, -0.2) is 0 Å². The number of hydrogen-bond donors (Lipinski definition) is 0. The fourth-order valence-electron chi connectivity index (χ4n) is 2.21. The van der Waals surface area contributed by atoms with Gasteiger partial charge in [-0.3, -0.25) is 9.36 Å². The quantitative estimate of drug-likeness (QED) is 0.278. The molecule has 0 aliphatic carbocycles. The third-order valence-electron chi connectivity index (χ3n) is 3.50. The van der Waals surface area contributed by atoms with Gasteiger partial charge in [0, 0.05) is 23.6 Å². The molecule has 16 heteroatoms. The molecule has 0 unspecified atom stereocenters. The Morgan fingerprint density at radius 1 is 0.643 bits per heavy atom. The molecule has 0 aliphatic rings. The van der Waals surface area contributed by atoms with Gasteiger partial charge in [-0.15, -0.1) is 0 Å². The largest absolute Gasteiger partial charge is 1.00 e. The van der Waals surface area contributed by atoms with Crippen LogP contribution in [-0.2, 0) is 13.1 Å². The zero-order valence-corrected chi connectivity index (χ0v) is 21.2. The third-order valence-corrected chi connectivity index (χ3v) is 3.50. The summed E-state index contributed by atoms with van der Waals surface area (Å²) in [6.07, 6.45) is 1.65. The molecular weight excluding hydrogens is 442 g/mol. The van der Waals surface area contributed by atoms with E-state index in [0.29, 0.717) is 11.1 Å². The van der Waals surface area contributed by atoms with E-state index in [9.17, 15) is 25.9 Å². The minimum Gasteiger partial charge on any atom is -0.444 e. The Balaban J connectivity index is 0.00000196. The van der Waals surface area contributed by atoms with Gasteiger partial charge in [0.1, 0.15) is 0 Å². The van der Waals surface area contributed by atoms with Crippen LogP contribution in [0, 0.1) is 0 Å². The zero-order chi connectivity index (χ0) is 18.9. The smallest absolute Gasteiger partial charge is 0.444 e. The van der Waals surface area contributed by atoms with Gasteiger partial charge in [-0.2, -0.15) is 10.2 Å². The summed E-state index contributed by atoms with van der Waals surface area (Å²) in [5.74, 6) is 0. The first kappa shape index (κ1) is 26.5. The van der Waals surface area contributed by atoms with Crippen LogP contribution in [0.3, 0.4) is 0 Å². The Morgan fingerprint density at radius 2 is 0.964 bits per heavy atom. The molecule has 0 saturated carbocycles. The monoisotopic (exact) mass is 452 g/mol. The maximum Gasteiger partial charge on any atom is 1.00 e. The summed E-state index contributed by atoms with van der Waals surface area (Å²) in [6.45, 7) is -10.2. The number of aromatic nitrogens is 6. The van der Waals surface area contributed by atoms with Gasteiger partial charge in [0.2, 0.25) is 0 Å². The number of benzene rings is 1. The van der Waals surface area contributed by atoms with Crippen molar-refractivity contribution in [3.8, 4) is 0 Å². The van der Waals surface area contributed by atoms with E-state index < -0.39 is 25.1 Å². The number of hydrogen-bond acceptors (Lipinski definition) is 4. The van der Waals surface area contributed by atoms with Crippen LogP contribution in [0.5, 0.6) is 0 Å². The molecule has 1 aromatic carbocycles. The first-order chi connectivity index (χ1) is 12.1. The Bertz CT molecular complexity index is 822. The SMILES string of the molecule is F[B-](F)(F)c1cn(Cc2ccc(Cn3cc([B-](F)(F)F)nn3)cc2)nn1.[K+].[K+]. The summed E-state index contributed by atoms with van der Waals surface area (Å²) in [6, 6.07) is 6.56. The predicted molar refractivity (Wildman–Crippen MR) is 82.1 cm³/mol. The Kier molecular flexibility index (Phi) is 10.1. The van der Waals surface area contributed by atoms with E-state index in [1.165, 1.54) is 0 Å². The van der Waals surface area contributed by atoms with Gasteiger partial charge in [-0.05, 0) is 11.1 Å². The molecule has 3 aromatic rings. The van der Waals surface area contributed by atoms with Gasteiger partial charge in [0.15, 0.2) is 0 Å². The molecule has 6 nitrogen and oxygen atoms in total. The average Bonchev–Trinajstić information content (AvgIpc) is 3.17.